The molecule has 0 aromatic carbocycles. The van der Waals surface area contributed by atoms with Gasteiger partial charge in [0.05, 0.1) is 6.21 Å². The van der Waals surface area contributed by atoms with Crippen molar-refractivity contribution < 1.29 is 9.60 Å². The summed E-state index contributed by atoms with van der Waals surface area (Å²) in [5, 5.41) is 10.6. The molecule has 1 heterocycles. The molecule has 52 valence electrons. The molecule has 1 aromatic heterocycles. The van der Waals surface area contributed by atoms with Crippen molar-refractivity contribution in [3.8, 4) is 0 Å². The Morgan fingerprint density at radius 3 is 3.10 bits per heavy atom. The lowest BCUT2D eigenvalue weighted by Gasteiger charge is -1.89. The molecule has 0 aliphatic rings. The molecule has 0 aliphatic carbocycles. The number of hydrogen-bond acceptors (Lipinski definition) is 3. The van der Waals surface area contributed by atoms with Crippen LogP contribution >= 0.6 is 0 Å². The van der Waals surface area contributed by atoms with E-state index < -0.39 is 5.82 Å². The second-order valence-corrected chi connectivity index (χ2v) is 1.62. The second-order valence-electron chi connectivity index (χ2n) is 1.62. The number of pyridine rings is 1. The average Bonchev–Trinajstić information content (AvgIpc) is 1.94. The van der Waals surface area contributed by atoms with Crippen molar-refractivity contribution in [2.45, 2.75) is 0 Å². The molecule has 1 aromatic rings. The smallest absolute Gasteiger partial charge is 0.150 e. The SMILES string of the molecule is O/N=C\c1ncccc1F. The molecule has 10 heavy (non-hydrogen) atoms. The molecular weight excluding hydrogens is 135 g/mol. The van der Waals surface area contributed by atoms with Crippen molar-refractivity contribution in [1.82, 2.24) is 4.98 Å². The van der Waals surface area contributed by atoms with Gasteiger partial charge in [-0.3, -0.25) is 4.98 Å². The normalized spacial score (nSPS) is 10.5. The van der Waals surface area contributed by atoms with Gasteiger partial charge in [0.15, 0.2) is 5.82 Å². The summed E-state index contributed by atoms with van der Waals surface area (Å²) in [4.78, 5) is 3.58. The summed E-state index contributed by atoms with van der Waals surface area (Å²) in [7, 11) is 0. The first-order valence-corrected chi connectivity index (χ1v) is 2.62. The van der Waals surface area contributed by atoms with Gasteiger partial charge in [0, 0.05) is 6.20 Å². The van der Waals surface area contributed by atoms with Crippen LogP contribution in [0.2, 0.25) is 0 Å². The third-order valence-corrected chi connectivity index (χ3v) is 0.967. The molecule has 0 saturated carbocycles. The Morgan fingerprint density at radius 1 is 1.70 bits per heavy atom. The minimum Gasteiger partial charge on any atom is -0.411 e. The number of rotatable bonds is 1. The predicted molar refractivity (Wildman–Crippen MR) is 33.6 cm³/mol. The van der Waals surface area contributed by atoms with E-state index in [1.807, 2.05) is 0 Å². The van der Waals surface area contributed by atoms with Crippen molar-refractivity contribution in [1.29, 1.82) is 0 Å². The highest BCUT2D eigenvalue weighted by molar-refractivity contribution is 5.76. The number of hydrogen-bond donors (Lipinski definition) is 1. The third-order valence-electron chi connectivity index (χ3n) is 0.967. The second kappa shape index (κ2) is 2.91. The monoisotopic (exact) mass is 140 g/mol. The zero-order valence-corrected chi connectivity index (χ0v) is 5.03. The van der Waals surface area contributed by atoms with E-state index in [0.29, 0.717) is 0 Å². The quantitative estimate of drug-likeness (QED) is 0.359. The molecule has 0 radical (unpaired) electrons. The topological polar surface area (TPSA) is 45.5 Å². The van der Waals surface area contributed by atoms with Gasteiger partial charge in [-0.25, -0.2) is 4.39 Å². The van der Waals surface area contributed by atoms with Crippen LogP contribution in [-0.4, -0.2) is 16.4 Å². The Bertz CT molecular complexity index is 249. The number of aromatic nitrogens is 1. The van der Waals surface area contributed by atoms with E-state index in [4.69, 9.17) is 5.21 Å². The zero-order valence-electron chi connectivity index (χ0n) is 5.03. The fourth-order valence-electron chi connectivity index (χ4n) is 0.548. The van der Waals surface area contributed by atoms with Crippen molar-refractivity contribution in [3.63, 3.8) is 0 Å². The first kappa shape index (κ1) is 6.67. The minimum absolute atomic E-state index is 0.0324. The number of oxime groups is 1. The first-order valence-electron chi connectivity index (χ1n) is 2.62. The molecule has 4 heteroatoms. The zero-order chi connectivity index (χ0) is 7.40. The molecule has 0 unspecified atom stereocenters. The summed E-state index contributed by atoms with van der Waals surface area (Å²) in [6.45, 7) is 0. The van der Waals surface area contributed by atoms with Gasteiger partial charge in [0.2, 0.25) is 0 Å². The molecule has 1 rings (SSSR count). The summed E-state index contributed by atoms with van der Waals surface area (Å²) in [5.41, 5.74) is 0.0324. The van der Waals surface area contributed by atoms with Gasteiger partial charge in [-0.2, -0.15) is 0 Å². The third kappa shape index (κ3) is 1.28. The highest BCUT2D eigenvalue weighted by Crippen LogP contribution is 1.97. The van der Waals surface area contributed by atoms with Crippen LogP contribution in [0.1, 0.15) is 5.69 Å². The largest absolute Gasteiger partial charge is 0.411 e. The van der Waals surface area contributed by atoms with E-state index in [1.54, 1.807) is 0 Å². The van der Waals surface area contributed by atoms with Gasteiger partial charge in [-0.15, -0.1) is 0 Å². The molecule has 0 fully saturated rings. The van der Waals surface area contributed by atoms with Crippen LogP contribution in [0.25, 0.3) is 0 Å². The van der Waals surface area contributed by atoms with Crippen molar-refractivity contribution in [2.75, 3.05) is 0 Å². The minimum atomic E-state index is -0.500. The van der Waals surface area contributed by atoms with Gasteiger partial charge in [-0.05, 0) is 12.1 Å². The maximum atomic E-state index is 12.5. The maximum Gasteiger partial charge on any atom is 0.150 e. The van der Waals surface area contributed by atoms with Crippen molar-refractivity contribution in [3.05, 3.63) is 29.8 Å². The summed E-state index contributed by atoms with van der Waals surface area (Å²) in [6, 6.07) is 2.70. The lowest BCUT2D eigenvalue weighted by Crippen LogP contribution is -1.90. The Hall–Kier alpha value is -1.45. The van der Waals surface area contributed by atoms with Gasteiger partial charge in [0.1, 0.15) is 5.69 Å². The lowest BCUT2D eigenvalue weighted by atomic mass is 10.3. The van der Waals surface area contributed by atoms with E-state index >= 15 is 0 Å². The van der Waals surface area contributed by atoms with Crippen LogP contribution < -0.4 is 0 Å². The van der Waals surface area contributed by atoms with Crippen LogP contribution in [-0.2, 0) is 0 Å². The maximum absolute atomic E-state index is 12.5. The lowest BCUT2D eigenvalue weighted by molar-refractivity contribution is 0.321. The Labute approximate surface area is 56.8 Å². The van der Waals surface area contributed by atoms with E-state index in [9.17, 15) is 4.39 Å². The Kier molecular flexibility index (Phi) is 1.94. The molecule has 3 nitrogen and oxygen atoms in total. The standard InChI is InChI=1S/C6H5FN2O/c7-5-2-1-3-8-6(5)4-9-10/h1-4,10H/b9-4-. The Balaban J connectivity index is 3.03. The average molecular weight is 140 g/mol. The summed E-state index contributed by atoms with van der Waals surface area (Å²) in [5.74, 6) is -0.500. The van der Waals surface area contributed by atoms with E-state index in [2.05, 4.69) is 10.1 Å². The van der Waals surface area contributed by atoms with E-state index in [-0.39, 0.29) is 5.69 Å². The van der Waals surface area contributed by atoms with Gasteiger partial charge in [-0.1, -0.05) is 5.16 Å². The molecule has 0 bridgehead atoms. The number of halogens is 1. The van der Waals surface area contributed by atoms with Crippen LogP contribution in [0.15, 0.2) is 23.5 Å². The first-order chi connectivity index (χ1) is 4.84. The molecule has 0 aliphatic heterocycles. The fraction of sp³-hybridized carbons (Fsp3) is 0. The van der Waals surface area contributed by atoms with Crippen LogP contribution in [0, 0.1) is 5.82 Å². The van der Waals surface area contributed by atoms with Gasteiger partial charge >= 0.3 is 0 Å². The molecule has 1 N–H and O–H groups in total. The predicted octanol–water partition coefficient (Wildman–Crippen LogP) is 1.03. The summed E-state index contributed by atoms with van der Waals surface area (Å²) in [6.07, 6.45) is 2.36. The van der Waals surface area contributed by atoms with Crippen molar-refractivity contribution >= 4 is 6.21 Å². The summed E-state index contributed by atoms with van der Waals surface area (Å²) < 4.78 is 12.5. The molecular formula is C6H5FN2O. The van der Waals surface area contributed by atoms with Crippen LogP contribution in [0.4, 0.5) is 4.39 Å². The number of nitrogens with zero attached hydrogens (tertiary/aromatic N) is 2. The molecule has 0 atom stereocenters. The molecule has 0 saturated heterocycles. The highest BCUT2D eigenvalue weighted by atomic mass is 19.1. The van der Waals surface area contributed by atoms with E-state index in [0.717, 1.165) is 6.21 Å². The summed E-state index contributed by atoms with van der Waals surface area (Å²) >= 11 is 0. The van der Waals surface area contributed by atoms with Crippen LogP contribution in [0.5, 0.6) is 0 Å². The van der Waals surface area contributed by atoms with Gasteiger partial charge in [0.25, 0.3) is 0 Å². The van der Waals surface area contributed by atoms with Crippen LogP contribution in [0.3, 0.4) is 0 Å². The highest BCUT2D eigenvalue weighted by Gasteiger charge is 1.96. The van der Waals surface area contributed by atoms with Crippen molar-refractivity contribution in [2.24, 2.45) is 5.16 Å². The van der Waals surface area contributed by atoms with E-state index in [1.165, 1.54) is 18.3 Å². The fourth-order valence-corrected chi connectivity index (χ4v) is 0.548. The Morgan fingerprint density at radius 2 is 2.50 bits per heavy atom. The molecule has 0 amide bonds. The van der Waals surface area contributed by atoms with Gasteiger partial charge < -0.3 is 5.21 Å². The molecule has 0 spiro atoms.